The van der Waals surface area contributed by atoms with E-state index < -0.39 is 6.36 Å². The maximum absolute atomic E-state index is 12.3. The van der Waals surface area contributed by atoms with Crippen molar-refractivity contribution < 1.29 is 22.7 Å². The molecule has 0 heterocycles. The normalized spacial score (nSPS) is 14.4. The van der Waals surface area contributed by atoms with Crippen molar-refractivity contribution in [1.82, 2.24) is 5.32 Å². The first-order chi connectivity index (χ1) is 9.70. The Morgan fingerprint density at radius 2 is 1.95 bits per heavy atom. The highest BCUT2D eigenvalue weighted by Gasteiger charge is 2.31. The van der Waals surface area contributed by atoms with Crippen LogP contribution < -0.4 is 15.8 Å². The van der Waals surface area contributed by atoms with Gasteiger partial charge in [-0.15, -0.1) is 13.2 Å². The molecule has 4 nitrogen and oxygen atoms in total. The number of halogens is 3. The summed E-state index contributed by atoms with van der Waals surface area (Å²) in [4.78, 5) is 11.7. The number of carbonyl (C=O) groups is 1. The summed E-state index contributed by atoms with van der Waals surface area (Å²) in [5.74, 6) is -0.828. The van der Waals surface area contributed by atoms with Gasteiger partial charge in [-0.2, -0.15) is 0 Å². The van der Waals surface area contributed by atoms with Gasteiger partial charge in [0.25, 0.3) is 0 Å². The highest BCUT2D eigenvalue weighted by molar-refractivity contribution is 5.78. The molecule has 1 rings (SSSR count). The fraction of sp³-hybridized carbons (Fsp3) is 0.500. The largest absolute Gasteiger partial charge is 0.573 e. The van der Waals surface area contributed by atoms with E-state index in [0.717, 1.165) is 0 Å². The van der Waals surface area contributed by atoms with Crippen LogP contribution in [0.4, 0.5) is 13.2 Å². The molecule has 2 atom stereocenters. The lowest BCUT2D eigenvalue weighted by Gasteiger charge is -2.16. The minimum absolute atomic E-state index is 0.216. The molecule has 0 spiro atoms. The smallest absolute Gasteiger partial charge is 0.406 e. The Morgan fingerprint density at radius 3 is 2.52 bits per heavy atom. The Hall–Kier alpha value is -1.76. The summed E-state index contributed by atoms with van der Waals surface area (Å²) in [6.45, 7) is 3.63. The van der Waals surface area contributed by atoms with Crippen molar-refractivity contribution in [3.05, 3.63) is 29.8 Å². The number of benzene rings is 1. The van der Waals surface area contributed by atoms with Crippen molar-refractivity contribution in [3.8, 4) is 5.75 Å². The van der Waals surface area contributed by atoms with E-state index in [1.165, 1.54) is 18.2 Å². The number of para-hydroxylation sites is 1. The molecular formula is C14H19F3N2O2. The van der Waals surface area contributed by atoms with E-state index in [2.05, 4.69) is 10.1 Å². The number of rotatable bonds is 6. The Morgan fingerprint density at radius 1 is 1.33 bits per heavy atom. The number of amides is 1. The fourth-order valence-corrected chi connectivity index (χ4v) is 1.65. The molecule has 0 aliphatic heterocycles. The summed E-state index contributed by atoms with van der Waals surface area (Å²) < 4.78 is 40.7. The molecule has 1 aromatic rings. The number of hydrogen-bond acceptors (Lipinski definition) is 3. The summed E-state index contributed by atoms with van der Waals surface area (Å²) in [6, 6.07) is 5.56. The molecule has 1 amide bonds. The van der Waals surface area contributed by atoms with Crippen LogP contribution in [0.3, 0.4) is 0 Å². The monoisotopic (exact) mass is 304 g/mol. The number of hydrogen-bond donors (Lipinski definition) is 2. The molecule has 2 unspecified atom stereocenters. The predicted molar refractivity (Wildman–Crippen MR) is 72.7 cm³/mol. The minimum Gasteiger partial charge on any atom is -0.406 e. The average molecular weight is 304 g/mol. The van der Waals surface area contributed by atoms with Crippen LogP contribution in [-0.4, -0.2) is 24.9 Å². The number of carbonyl (C=O) groups excluding carboxylic acids is 1. The van der Waals surface area contributed by atoms with E-state index in [-0.39, 0.29) is 36.6 Å². The molecule has 118 valence electrons. The Balaban J connectivity index is 2.58. The van der Waals surface area contributed by atoms with E-state index in [4.69, 9.17) is 5.73 Å². The van der Waals surface area contributed by atoms with Crippen molar-refractivity contribution in [3.63, 3.8) is 0 Å². The van der Waals surface area contributed by atoms with E-state index in [1.807, 2.05) is 0 Å². The molecule has 21 heavy (non-hydrogen) atoms. The molecule has 3 N–H and O–H groups in total. The van der Waals surface area contributed by atoms with Gasteiger partial charge in [0.15, 0.2) is 0 Å². The third-order valence-electron chi connectivity index (χ3n) is 3.09. The van der Waals surface area contributed by atoms with Crippen LogP contribution in [-0.2, 0) is 11.2 Å². The van der Waals surface area contributed by atoms with Crippen molar-refractivity contribution in [2.45, 2.75) is 32.7 Å². The average Bonchev–Trinajstić information content (AvgIpc) is 2.37. The lowest BCUT2D eigenvalue weighted by Crippen LogP contribution is -2.39. The minimum atomic E-state index is -4.73. The van der Waals surface area contributed by atoms with Crippen molar-refractivity contribution in [2.75, 3.05) is 6.54 Å². The SMILES string of the molecule is CC(N)C(C)C(=O)NCCc1ccccc1OC(F)(F)F. The first kappa shape index (κ1) is 17.3. The van der Waals surface area contributed by atoms with Crippen molar-refractivity contribution in [1.29, 1.82) is 0 Å². The molecule has 0 radical (unpaired) electrons. The molecule has 0 aliphatic carbocycles. The fourth-order valence-electron chi connectivity index (χ4n) is 1.65. The van der Waals surface area contributed by atoms with Gasteiger partial charge in [-0.05, 0) is 25.0 Å². The van der Waals surface area contributed by atoms with Crippen LogP contribution in [0.15, 0.2) is 24.3 Å². The first-order valence-corrected chi connectivity index (χ1v) is 6.57. The summed E-state index contributed by atoms with van der Waals surface area (Å²) >= 11 is 0. The van der Waals surface area contributed by atoms with Gasteiger partial charge >= 0.3 is 6.36 Å². The predicted octanol–water partition coefficient (Wildman–Crippen LogP) is 2.23. The van der Waals surface area contributed by atoms with Crippen molar-refractivity contribution in [2.24, 2.45) is 11.7 Å². The van der Waals surface area contributed by atoms with Crippen LogP contribution >= 0.6 is 0 Å². The Kier molecular flexibility index (Phi) is 6.02. The van der Waals surface area contributed by atoms with Crippen molar-refractivity contribution >= 4 is 5.91 Å². The zero-order valence-corrected chi connectivity index (χ0v) is 11.9. The summed E-state index contributed by atoms with van der Waals surface area (Å²) in [5, 5.41) is 2.65. The molecule has 0 fully saturated rings. The van der Waals surface area contributed by atoms with Gasteiger partial charge in [0.2, 0.25) is 5.91 Å². The summed E-state index contributed by atoms with van der Waals surface area (Å²) in [7, 11) is 0. The van der Waals surface area contributed by atoms with Gasteiger partial charge < -0.3 is 15.8 Å². The van der Waals surface area contributed by atoms with Crippen LogP contribution in [0.25, 0.3) is 0 Å². The number of nitrogens with two attached hydrogens (primary N) is 1. The molecule has 0 saturated heterocycles. The second kappa shape index (κ2) is 7.31. The number of ether oxygens (including phenoxy) is 1. The molecule has 1 aromatic carbocycles. The Labute approximate surface area is 121 Å². The molecular weight excluding hydrogens is 285 g/mol. The molecule has 0 bridgehead atoms. The molecule has 7 heteroatoms. The number of alkyl halides is 3. The quantitative estimate of drug-likeness (QED) is 0.847. The van der Waals surface area contributed by atoms with Gasteiger partial charge in [-0.1, -0.05) is 25.1 Å². The number of nitrogens with one attached hydrogen (secondary N) is 1. The van der Waals surface area contributed by atoms with Gasteiger partial charge in [0.05, 0.1) is 0 Å². The maximum Gasteiger partial charge on any atom is 0.573 e. The second-order valence-electron chi connectivity index (χ2n) is 4.84. The third-order valence-corrected chi connectivity index (χ3v) is 3.09. The molecule has 0 aromatic heterocycles. The van der Waals surface area contributed by atoms with Crippen LogP contribution in [0.2, 0.25) is 0 Å². The van der Waals surface area contributed by atoms with E-state index in [9.17, 15) is 18.0 Å². The summed E-state index contributed by atoms with van der Waals surface area (Å²) in [6.07, 6.45) is -4.49. The van der Waals surface area contributed by atoms with Crippen LogP contribution in [0.5, 0.6) is 5.75 Å². The standard InChI is InChI=1S/C14H19F3N2O2/c1-9(10(2)18)13(20)19-8-7-11-5-3-4-6-12(11)21-14(15,16)17/h3-6,9-10H,7-8,18H2,1-2H3,(H,19,20). The summed E-state index contributed by atoms with van der Waals surface area (Å²) in [5.41, 5.74) is 5.99. The highest BCUT2D eigenvalue weighted by atomic mass is 19.4. The van der Waals surface area contributed by atoms with E-state index in [1.54, 1.807) is 19.9 Å². The van der Waals surface area contributed by atoms with Gasteiger partial charge in [0, 0.05) is 18.5 Å². The van der Waals surface area contributed by atoms with E-state index in [0.29, 0.717) is 5.56 Å². The Bertz CT molecular complexity index is 476. The molecule has 0 aliphatic rings. The second-order valence-corrected chi connectivity index (χ2v) is 4.84. The van der Waals surface area contributed by atoms with E-state index >= 15 is 0 Å². The molecule has 0 saturated carbocycles. The third kappa shape index (κ3) is 6.03. The maximum atomic E-state index is 12.3. The lowest BCUT2D eigenvalue weighted by atomic mass is 10.0. The van der Waals surface area contributed by atoms with Gasteiger partial charge in [-0.3, -0.25) is 4.79 Å². The van der Waals surface area contributed by atoms with Crippen LogP contribution in [0, 0.1) is 5.92 Å². The lowest BCUT2D eigenvalue weighted by molar-refractivity contribution is -0.274. The zero-order valence-electron chi connectivity index (χ0n) is 11.9. The first-order valence-electron chi connectivity index (χ1n) is 6.57. The topological polar surface area (TPSA) is 64.4 Å². The van der Waals surface area contributed by atoms with Gasteiger partial charge in [-0.25, -0.2) is 0 Å². The highest BCUT2D eigenvalue weighted by Crippen LogP contribution is 2.26. The van der Waals surface area contributed by atoms with Gasteiger partial charge in [0.1, 0.15) is 5.75 Å². The van der Waals surface area contributed by atoms with Crippen LogP contribution in [0.1, 0.15) is 19.4 Å². The zero-order chi connectivity index (χ0) is 16.0.